The minimum Gasteiger partial charge on any atom is -0.313 e. The first-order valence-electron chi connectivity index (χ1n) is 7.11. The number of aryl methyl sites for hydroxylation is 1. The molecule has 0 radical (unpaired) electrons. The van der Waals surface area contributed by atoms with Crippen LogP contribution in [0.3, 0.4) is 0 Å². The number of fused-ring (bicyclic) bond motifs is 1. The molecule has 0 aliphatic heterocycles. The lowest BCUT2D eigenvalue weighted by atomic mass is 9.96. The van der Waals surface area contributed by atoms with Crippen LogP contribution < -0.4 is 11.0 Å². The first-order valence-corrected chi connectivity index (χ1v) is 7.11. The van der Waals surface area contributed by atoms with Crippen molar-refractivity contribution in [2.45, 2.75) is 19.4 Å². The molecule has 0 spiro atoms. The molecule has 1 aromatic heterocycles. The Balaban J connectivity index is 1.94. The normalized spacial score (nSPS) is 12.7. The number of aromatic nitrogens is 2. The number of nitrogens with one attached hydrogen (secondary N) is 3. The van der Waals surface area contributed by atoms with Gasteiger partial charge in [-0.05, 0) is 49.2 Å². The summed E-state index contributed by atoms with van der Waals surface area (Å²) in [6.45, 7) is 2.13. The highest BCUT2D eigenvalue weighted by atomic mass is 16.1. The Bertz CT molecular complexity index is 816. The molecule has 2 aromatic carbocycles. The van der Waals surface area contributed by atoms with E-state index < -0.39 is 0 Å². The molecule has 0 saturated heterocycles. The number of hydrogen-bond acceptors (Lipinski definition) is 2. The summed E-state index contributed by atoms with van der Waals surface area (Å²) in [5.41, 5.74) is 5.33. The number of benzene rings is 2. The van der Waals surface area contributed by atoms with E-state index in [0.29, 0.717) is 0 Å². The Morgan fingerprint density at radius 2 is 1.86 bits per heavy atom. The van der Waals surface area contributed by atoms with Crippen LogP contribution in [0.15, 0.2) is 47.3 Å². The lowest BCUT2D eigenvalue weighted by Gasteiger charge is -2.18. The van der Waals surface area contributed by atoms with Crippen molar-refractivity contribution in [3.63, 3.8) is 0 Å². The fourth-order valence-corrected chi connectivity index (χ4v) is 2.71. The number of aromatic amines is 2. The number of imidazole rings is 1. The predicted octanol–water partition coefficient (Wildman–Crippen LogP) is 2.67. The van der Waals surface area contributed by atoms with Gasteiger partial charge in [-0.3, -0.25) is 0 Å². The van der Waals surface area contributed by atoms with Crippen LogP contribution in [0, 0.1) is 6.92 Å². The molecule has 3 aromatic rings. The van der Waals surface area contributed by atoms with Gasteiger partial charge in [0.05, 0.1) is 11.0 Å². The molecule has 4 heteroatoms. The summed E-state index contributed by atoms with van der Waals surface area (Å²) in [6, 6.07) is 14.7. The SMILES string of the molecule is CNC(Cc1ccccc1C)c1ccc2[nH]c(=O)[nH]c2c1. The van der Waals surface area contributed by atoms with Crippen molar-refractivity contribution in [3.8, 4) is 0 Å². The molecule has 1 heterocycles. The Labute approximate surface area is 123 Å². The molecule has 1 unspecified atom stereocenters. The van der Waals surface area contributed by atoms with E-state index in [1.54, 1.807) is 0 Å². The van der Waals surface area contributed by atoms with Crippen LogP contribution in [0.4, 0.5) is 0 Å². The summed E-state index contributed by atoms with van der Waals surface area (Å²) >= 11 is 0. The summed E-state index contributed by atoms with van der Waals surface area (Å²) in [5, 5.41) is 3.36. The van der Waals surface area contributed by atoms with Crippen molar-refractivity contribution in [1.29, 1.82) is 0 Å². The monoisotopic (exact) mass is 281 g/mol. The van der Waals surface area contributed by atoms with E-state index in [2.05, 4.69) is 52.5 Å². The van der Waals surface area contributed by atoms with Gasteiger partial charge in [-0.25, -0.2) is 4.79 Å². The van der Waals surface area contributed by atoms with Gasteiger partial charge >= 0.3 is 5.69 Å². The third-order valence-corrected chi connectivity index (χ3v) is 3.98. The van der Waals surface area contributed by atoms with E-state index in [-0.39, 0.29) is 11.7 Å². The zero-order chi connectivity index (χ0) is 14.8. The number of rotatable bonds is 4. The quantitative estimate of drug-likeness (QED) is 0.688. The third kappa shape index (κ3) is 2.76. The van der Waals surface area contributed by atoms with Crippen LogP contribution in [0.5, 0.6) is 0 Å². The fourth-order valence-electron chi connectivity index (χ4n) is 2.71. The Kier molecular flexibility index (Phi) is 3.62. The third-order valence-electron chi connectivity index (χ3n) is 3.98. The van der Waals surface area contributed by atoms with Crippen LogP contribution in [0.2, 0.25) is 0 Å². The number of H-pyrrole nitrogens is 2. The second-order valence-electron chi connectivity index (χ2n) is 5.36. The highest BCUT2D eigenvalue weighted by Crippen LogP contribution is 2.22. The maximum absolute atomic E-state index is 11.3. The Morgan fingerprint density at radius 1 is 1.10 bits per heavy atom. The van der Waals surface area contributed by atoms with Gasteiger partial charge in [-0.15, -0.1) is 0 Å². The van der Waals surface area contributed by atoms with Gasteiger partial charge < -0.3 is 15.3 Å². The zero-order valence-corrected chi connectivity index (χ0v) is 12.2. The van der Waals surface area contributed by atoms with E-state index in [9.17, 15) is 4.79 Å². The molecule has 3 N–H and O–H groups in total. The van der Waals surface area contributed by atoms with Crippen LogP contribution in [0.25, 0.3) is 11.0 Å². The molecule has 108 valence electrons. The van der Waals surface area contributed by atoms with E-state index in [1.165, 1.54) is 16.7 Å². The Hall–Kier alpha value is -2.33. The molecular formula is C17H19N3O. The van der Waals surface area contributed by atoms with Gasteiger partial charge in [0.25, 0.3) is 0 Å². The summed E-state index contributed by atoms with van der Waals surface area (Å²) in [7, 11) is 1.97. The first kappa shape index (κ1) is 13.6. The van der Waals surface area contributed by atoms with Crippen molar-refractivity contribution >= 4 is 11.0 Å². The summed E-state index contributed by atoms with van der Waals surface area (Å²) in [5.74, 6) is 0. The summed E-state index contributed by atoms with van der Waals surface area (Å²) in [4.78, 5) is 16.9. The molecule has 21 heavy (non-hydrogen) atoms. The molecule has 0 bridgehead atoms. The smallest absolute Gasteiger partial charge is 0.313 e. The molecule has 0 aliphatic carbocycles. The summed E-state index contributed by atoms with van der Waals surface area (Å²) in [6.07, 6.45) is 0.920. The van der Waals surface area contributed by atoms with Gasteiger partial charge in [-0.1, -0.05) is 30.3 Å². The predicted molar refractivity (Wildman–Crippen MR) is 85.6 cm³/mol. The van der Waals surface area contributed by atoms with Crippen LogP contribution in [-0.4, -0.2) is 17.0 Å². The van der Waals surface area contributed by atoms with E-state index >= 15 is 0 Å². The van der Waals surface area contributed by atoms with E-state index in [1.807, 2.05) is 19.2 Å². The lowest BCUT2D eigenvalue weighted by Crippen LogP contribution is -2.19. The molecule has 4 nitrogen and oxygen atoms in total. The highest BCUT2D eigenvalue weighted by Gasteiger charge is 2.12. The standard InChI is InChI=1S/C17H19N3O/c1-11-5-3-4-6-12(11)9-15(18-2)13-7-8-14-16(10-13)20-17(21)19-14/h3-8,10,15,18H,9H2,1-2H3,(H2,19,20,21). The molecular weight excluding hydrogens is 262 g/mol. The van der Waals surface area contributed by atoms with Crippen molar-refractivity contribution in [1.82, 2.24) is 15.3 Å². The second-order valence-corrected chi connectivity index (χ2v) is 5.36. The largest absolute Gasteiger partial charge is 0.323 e. The van der Waals surface area contributed by atoms with Crippen molar-refractivity contribution in [2.75, 3.05) is 7.05 Å². The fraction of sp³-hybridized carbons (Fsp3) is 0.235. The van der Waals surface area contributed by atoms with Gasteiger partial charge in [-0.2, -0.15) is 0 Å². The molecule has 0 saturated carbocycles. The molecule has 0 amide bonds. The molecule has 1 atom stereocenters. The average molecular weight is 281 g/mol. The summed E-state index contributed by atoms with van der Waals surface area (Å²) < 4.78 is 0. The minimum atomic E-state index is -0.165. The topological polar surface area (TPSA) is 60.7 Å². The first-order chi connectivity index (χ1) is 10.2. The van der Waals surface area contributed by atoms with Gasteiger partial charge in [0.15, 0.2) is 0 Å². The number of likely N-dealkylation sites (N-methyl/N-ethyl adjacent to an activating group) is 1. The van der Waals surface area contributed by atoms with Crippen molar-refractivity contribution < 1.29 is 0 Å². The maximum atomic E-state index is 11.3. The Morgan fingerprint density at radius 3 is 2.62 bits per heavy atom. The minimum absolute atomic E-state index is 0.165. The highest BCUT2D eigenvalue weighted by molar-refractivity contribution is 5.75. The number of hydrogen-bond donors (Lipinski definition) is 3. The molecule has 0 aliphatic rings. The molecule has 3 rings (SSSR count). The average Bonchev–Trinajstić information content (AvgIpc) is 2.85. The van der Waals surface area contributed by atoms with Crippen molar-refractivity contribution in [2.24, 2.45) is 0 Å². The van der Waals surface area contributed by atoms with Gasteiger partial charge in [0.1, 0.15) is 0 Å². The molecule has 0 fully saturated rings. The maximum Gasteiger partial charge on any atom is 0.323 e. The second kappa shape index (κ2) is 5.58. The van der Waals surface area contributed by atoms with Gasteiger partial charge in [0.2, 0.25) is 0 Å². The van der Waals surface area contributed by atoms with Crippen molar-refractivity contribution in [3.05, 3.63) is 69.6 Å². The zero-order valence-electron chi connectivity index (χ0n) is 12.2. The van der Waals surface area contributed by atoms with Crippen LogP contribution >= 0.6 is 0 Å². The van der Waals surface area contributed by atoms with Crippen LogP contribution in [-0.2, 0) is 6.42 Å². The lowest BCUT2D eigenvalue weighted by molar-refractivity contribution is 0.591. The van der Waals surface area contributed by atoms with Gasteiger partial charge in [0, 0.05) is 6.04 Å². The van der Waals surface area contributed by atoms with Crippen LogP contribution in [0.1, 0.15) is 22.7 Å². The van der Waals surface area contributed by atoms with E-state index in [0.717, 1.165) is 17.5 Å². The van der Waals surface area contributed by atoms with E-state index in [4.69, 9.17) is 0 Å².